The Morgan fingerprint density at radius 3 is 2.16 bits per heavy atom. The zero-order valence-electron chi connectivity index (χ0n) is 17.9. The molecule has 0 aliphatic rings. The van der Waals surface area contributed by atoms with Crippen LogP contribution in [-0.2, 0) is 6.54 Å². The molecule has 4 rings (SSSR count). The molecule has 4 nitrogen and oxygen atoms in total. The van der Waals surface area contributed by atoms with Crippen LogP contribution in [-0.4, -0.2) is 16.3 Å². The van der Waals surface area contributed by atoms with E-state index < -0.39 is 0 Å². The standard InChI is InChI=1S/C26H24N2O2S/c1-4-14-28-22-15-17(2)18(3)16-23(22)31-26(28)27-25(30)21-12-10-20(11-13-21)24(29)19-8-6-5-7-9-19/h5-13,15-16H,4,14H2,1-3H3. The second-order valence-corrected chi connectivity index (χ2v) is 8.64. The highest BCUT2D eigenvalue weighted by molar-refractivity contribution is 7.16. The van der Waals surface area contributed by atoms with Crippen molar-refractivity contribution < 1.29 is 9.59 Å². The Labute approximate surface area is 185 Å². The molecule has 3 aromatic carbocycles. The average molecular weight is 429 g/mol. The Bertz CT molecular complexity index is 1330. The van der Waals surface area contributed by atoms with Gasteiger partial charge in [-0.15, -0.1) is 0 Å². The Hall–Kier alpha value is -3.31. The summed E-state index contributed by atoms with van der Waals surface area (Å²) in [5.41, 5.74) is 5.22. The van der Waals surface area contributed by atoms with Crippen molar-refractivity contribution in [1.29, 1.82) is 0 Å². The summed E-state index contributed by atoms with van der Waals surface area (Å²) >= 11 is 1.54. The Kier molecular flexibility index (Phi) is 5.96. The molecule has 1 aromatic heterocycles. The summed E-state index contributed by atoms with van der Waals surface area (Å²) in [6.07, 6.45) is 0.955. The zero-order valence-corrected chi connectivity index (χ0v) is 18.7. The topological polar surface area (TPSA) is 51.4 Å². The number of aromatic nitrogens is 1. The van der Waals surface area contributed by atoms with E-state index in [1.165, 1.54) is 22.5 Å². The summed E-state index contributed by atoms with van der Waals surface area (Å²) in [6.45, 7) is 7.12. The molecule has 0 spiro atoms. The van der Waals surface area contributed by atoms with Crippen LogP contribution in [0.1, 0.15) is 50.8 Å². The van der Waals surface area contributed by atoms with Crippen LogP contribution in [0.4, 0.5) is 0 Å². The third-order valence-electron chi connectivity index (χ3n) is 5.37. The first-order chi connectivity index (χ1) is 15.0. The lowest BCUT2D eigenvalue weighted by Gasteiger charge is -2.05. The van der Waals surface area contributed by atoms with E-state index in [1.807, 2.05) is 18.2 Å². The summed E-state index contributed by atoms with van der Waals surface area (Å²) in [7, 11) is 0. The number of ketones is 1. The number of carbonyl (C=O) groups is 2. The Balaban J connectivity index is 1.68. The minimum absolute atomic E-state index is 0.0624. The van der Waals surface area contributed by atoms with E-state index in [9.17, 15) is 9.59 Å². The van der Waals surface area contributed by atoms with Crippen LogP contribution in [0.15, 0.2) is 71.7 Å². The van der Waals surface area contributed by atoms with Gasteiger partial charge in [-0.25, -0.2) is 0 Å². The molecule has 4 aromatic rings. The molecule has 156 valence electrons. The Morgan fingerprint density at radius 1 is 0.871 bits per heavy atom. The van der Waals surface area contributed by atoms with Crippen LogP contribution >= 0.6 is 11.3 Å². The van der Waals surface area contributed by atoms with Crippen molar-refractivity contribution in [3.63, 3.8) is 0 Å². The summed E-state index contributed by atoms with van der Waals surface area (Å²) in [5.74, 6) is -0.365. The zero-order chi connectivity index (χ0) is 22.0. The molecule has 0 aliphatic heterocycles. The average Bonchev–Trinajstić information content (AvgIpc) is 3.10. The number of rotatable bonds is 5. The van der Waals surface area contributed by atoms with E-state index in [0.717, 1.165) is 23.2 Å². The molecule has 0 radical (unpaired) electrons. The summed E-state index contributed by atoms with van der Waals surface area (Å²) < 4.78 is 3.25. The molecule has 0 saturated heterocycles. The maximum absolute atomic E-state index is 12.9. The lowest BCUT2D eigenvalue weighted by atomic mass is 10.0. The van der Waals surface area contributed by atoms with Crippen molar-refractivity contribution in [2.45, 2.75) is 33.7 Å². The highest BCUT2D eigenvalue weighted by atomic mass is 32.1. The lowest BCUT2D eigenvalue weighted by molar-refractivity contribution is 0.0994. The fourth-order valence-corrected chi connectivity index (χ4v) is 4.65. The molecule has 1 heterocycles. The molecule has 0 fully saturated rings. The lowest BCUT2D eigenvalue weighted by Crippen LogP contribution is -2.17. The van der Waals surface area contributed by atoms with Gasteiger partial charge in [-0.3, -0.25) is 9.59 Å². The van der Waals surface area contributed by atoms with Crippen molar-refractivity contribution >= 4 is 33.2 Å². The highest BCUT2D eigenvalue weighted by Crippen LogP contribution is 2.22. The van der Waals surface area contributed by atoms with Gasteiger partial charge in [0.25, 0.3) is 5.91 Å². The van der Waals surface area contributed by atoms with Crippen LogP contribution in [0.3, 0.4) is 0 Å². The van der Waals surface area contributed by atoms with Crippen molar-refractivity contribution in [2.24, 2.45) is 4.99 Å². The number of carbonyl (C=O) groups excluding carboxylic acids is 2. The molecule has 0 bridgehead atoms. The first kappa shape index (κ1) is 20.9. The van der Waals surface area contributed by atoms with Crippen molar-refractivity contribution in [1.82, 2.24) is 4.57 Å². The first-order valence-electron chi connectivity index (χ1n) is 10.4. The molecule has 5 heteroatoms. The van der Waals surface area contributed by atoms with E-state index in [4.69, 9.17) is 0 Å². The van der Waals surface area contributed by atoms with Crippen molar-refractivity contribution in [2.75, 3.05) is 0 Å². The fourth-order valence-electron chi connectivity index (χ4n) is 3.52. The highest BCUT2D eigenvalue weighted by Gasteiger charge is 2.12. The van der Waals surface area contributed by atoms with Gasteiger partial charge >= 0.3 is 0 Å². The number of hydrogen-bond donors (Lipinski definition) is 0. The number of aryl methyl sites for hydroxylation is 3. The maximum atomic E-state index is 12.9. The van der Waals surface area contributed by atoms with E-state index in [1.54, 1.807) is 36.4 Å². The van der Waals surface area contributed by atoms with E-state index in [0.29, 0.717) is 21.5 Å². The molecular formula is C26H24N2O2S. The van der Waals surface area contributed by atoms with Gasteiger partial charge in [-0.1, -0.05) is 60.7 Å². The molecule has 0 unspecified atom stereocenters. The molecule has 31 heavy (non-hydrogen) atoms. The predicted octanol–water partition coefficient (Wildman–Crippen LogP) is 5.70. The largest absolute Gasteiger partial charge is 0.316 e. The molecule has 0 aliphatic carbocycles. The normalized spacial score (nSPS) is 11.8. The van der Waals surface area contributed by atoms with Crippen molar-refractivity contribution in [3.05, 3.63) is 99.3 Å². The molecule has 0 atom stereocenters. The second kappa shape index (κ2) is 8.82. The first-order valence-corrected chi connectivity index (χ1v) is 11.2. The van der Waals surface area contributed by atoms with Crippen molar-refractivity contribution in [3.8, 4) is 0 Å². The van der Waals surface area contributed by atoms with Gasteiger partial charge in [0.1, 0.15) is 0 Å². The second-order valence-electron chi connectivity index (χ2n) is 7.63. The van der Waals surface area contributed by atoms with Gasteiger partial charge in [0.05, 0.1) is 10.2 Å². The number of benzene rings is 3. The van der Waals surface area contributed by atoms with Gasteiger partial charge in [-0.05, 0) is 55.7 Å². The van der Waals surface area contributed by atoms with Gasteiger partial charge < -0.3 is 4.57 Å². The third kappa shape index (κ3) is 4.28. The van der Waals surface area contributed by atoms with Gasteiger partial charge in [0.15, 0.2) is 10.6 Å². The van der Waals surface area contributed by atoms with Gasteiger partial charge in [0, 0.05) is 23.2 Å². The number of hydrogen-bond acceptors (Lipinski definition) is 3. The van der Waals surface area contributed by atoms with Crippen LogP contribution < -0.4 is 4.80 Å². The predicted molar refractivity (Wildman–Crippen MR) is 126 cm³/mol. The van der Waals surface area contributed by atoms with E-state index in [-0.39, 0.29) is 11.7 Å². The fraction of sp³-hybridized carbons (Fsp3) is 0.192. The minimum atomic E-state index is -0.302. The van der Waals surface area contributed by atoms with E-state index in [2.05, 4.69) is 42.5 Å². The summed E-state index contributed by atoms with van der Waals surface area (Å²) in [5, 5.41) is 0. The van der Waals surface area contributed by atoms with Crippen LogP contribution in [0.5, 0.6) is 0 Å². The molecule has 0 saturated carbocycles. The monoisotopic (exact) mass is 428 g/mol. The van der Waals surface area contributed by atoms with Crippen LogP contribution in [0.25, 0.3) is 10.2 Å². The molecule has 1 amide bonds. The third-order valence-corrected chi connectivity index (χ3v) is 6.41. The summed E-state index contributed by atoms with van der Waals surface area (Å²) in [6, 6.07) is 20.2. The summed E-state index contributed by atoms with van der Waals surface area (Å²) in [4.78, 5) is 30.6. The number of fused-ring (bicyclic) bond motifs is 1. The molecular weight excluding hydrogens is 404 g/mol. The number of amides is 1. The van der Waals surface area contributed by atoms with Gasteiger partial charge in [0.2, 0.25) is 0 Å². The van der Waals surface area contributed by atoms with Gasteiger partial charge in [-0.2, -0.15) is 4.99 Å². The quantitative estimate of drug-likeness (QED) is 0.383. The van der Waals surface area contributed by atoms with Crippen LogP contribution in [0.2, 0.25) is 0 Å². The minimum Gasteiger partial charge on any atom is -0.316 e. The van der Waals surface area contributed by atoms with E-state index >= 15 is 0 Å². The van der Waals surface area contributed by atoms with Crippen LogP contribution in [0, 0.1) is 13.8 Å². The number of nitrogens with zero attached hydrogens (tertiary/aromatic N) is 2. The smallest absolute Gasteiger partial charge is 0.279 e. The maximum Gasteiger partial charge on any atom is 0.279 e. The number of thiazole rings is 1. The Morgan fingerprint density at radius 2 is 1.48 bits per heavy atom. The SMILES string of the molecule is CCCn1c(=NC(=O)c2ccc(C(=O)c3ccccc3)cc2)sc2cc(C)c(C)cc21. The molecule has 0 N–H and O–H groups in total.